The molecule has 0 fully saturated rings. The second-order valence-electron chi connectivity index (χ2n) is 6.18. The molecule has 4 aromatic rings. The topological polar surface area (TPSA) is 92.5 Å². The smallest absolute Gasteiger partial charge is 0.206 e. The van der Waals surface area contributed by atoms with Crippen molar-refractivity contribution in [1.29, 1.82) is 0 Å². The van der Waals surface area contributed by atoms with E-state index in [4.69, 9.17) is 28.9 Å². The zero-order valence-corrected chi connectivity index (χ0v) is 16.4. The summed E-state index contributed by atoms with van der Waals surface area (Å²) >= 11 is 13.5. The van der Waals surface area contributed by atoms with Gasteiger partial charge in [0.15, 0.2) is 0 Å². The Labute approximate surface area is 169 Å². The fraction of sp³-hybridized carbons (Fsp3) is 0.167. The van der Waals surface area contributed by atoms with E-state index < -0.39 is 0 Å². The van der Waals surface area contributed by atoms with E-state index in [1.54, 1.807) is 12.3 Å². The molecule has 1 atom stereocenters. The van der Waals surface area contributed by atoms with E-state index in [2.05, 4.69) is 25.7 Å². The van der Waals surface area contributed by atoms with Crippen molar-refractivity contribution < 1.29 is 0 Å². The van der Waals surface area contributed by atoms with Gasteiger partial charge in [-0.25, -0.2) is 0 Å². The lowest BCUT2D eigenvalue weighted by atomic mass is 10.1. The summed E-state index contributed by atoms with van der Waals surface area (Å²) in [5.41, 5.74) is 9.27. The van der Waals surface area contributed by atoms with Crippen LogP contribution >= 0.6 is 34.5 Å². The molecule has 2 aromatic carbocycles. The number of hydrogen-bond acceptors (Lipinski definition) is 6. The van der Waals surface area contributed by atoms with Crippen molar-refractivity contribution in [3.63, 3.8) is 0 Å². The quantitative estimate of drug-likeness (QED) is 0.432. The van der Waals surface area contributed by atoms with Crippen LogP contribution in [0, 0.1) is 0 Å². The molecule has 4 N–H and O–H groups in total. The molecule has 27 heavy (non-hydrogen) atoms. The Morgan fingerprint density at radius 2 is 2.00 bits per heavy atom. The Morgan fingerprint density at radius 1 is 1.11 bits per heavy atom. The molecular formula is C18H16Cl2N6S. The largest absolute Gasteiger partial charge is 0.359 e. The molecule has 2 aromatic heterocycles. The van der Waals surface area contributed by atoms with Crippen molar-refractivity contribution in [2.24, 2.45) is 5.73 Å². The lowest BCUT2D eigenvalue weighted by molar-refractivity contribution is 0.698. The normalized spacial score (nSPS) is 12.4. The van der Waals surface area contributed by atoms with Crippen LogP contribution in [0.5, 0.6) is 0 Å². The van der Waals surface area contributed by atoms with Gasteiger partial charge >= 0.3 is 0 Å². The molecular weight excluding hydrogens is 403 g/mol. The first-order valence-electron chi connectivity index (χ1n) is 8.29. The van der Waals surface area contributed by atoms with Crippen LogP contribution in [0.2, 0.25) is 10.0 Å². The maximum absolute atomic E-state index is 6.22. The van der Waals surface area contributed by atoms with Crippen molar-refractivity contribution in [2.75, 3.05) is 11.9 Å². The first-order valence-corrected chi connectivity index (χ1v) is 9.86. The van der Waals surface area contributed by atoms with Gasteiger partial charge in [-0.05, 0) is 42.3 Å². The summed E-state index contributed by atoms with van der Waals surface area (Å²) in [7, 11) is 0. The molecule has 0 bridgehead atoms. The standard InChI is InChI=1S/C18H16Cl2N6S/c19-14-3-1-10(6-15(14)20)5-13(21)9-22-18-26-25-17(27-18)11-2-4-16-12(7-11)8-23-24-16/h1-4,6-8,13H,5,9,21H2,(H,22,26)(H,23,24). The van der Waals surface area contributed by atoms with Crippen molar-refractivity contribution >= 4 is 50.6 Å². The van der Waals surface area contributed by atoms with Crippen LogP contribution in [0.4, 0.5) is 5.13 Å². The van der Waals surface area contributed by atoms with E-state index in [1.807, 2.05) is 30.3 Å². The zero-order valence-electron chi connectivity index (χ0n) is 14.1. The van der Waals surface area contributed by atoms with Gasteiger partial charge in [-0.1, -0.05) is 40.6 Å². The predicted octanol–water partition coefficient (Wildman–Crippen LogP) is 4.37. The molecule has 0 saturated carbocycles. The van der Waals surface area contributed by atoms with E-state index in [-0.39, 0.29) is 6.04 Å². The Balaban J connectivity index is 1.38. The van der Waals surface area contributed by atoms with Crippen molar-refractivity contribution in [3.05, 3.63) is 58.2 Å². The number of H-pyrrole nitrogens is 1. The second kappa shape index (κ2) is 7.82. The summed E-state index contributed by atoms with van der Waals surface area (Å²) in [5.74, 6) is 0. The predicted molar refractivity (Wildman–Crippen MR) is 112 cm³/mol. The highest BCUT2D eigenvalue weighted by Gasteiger charge is 2.10. The number of hydrogen-bond donors (Lipinski definition) is 3. The number of anilines is 1. The summed E-state index contributed by atoms with van der Waals surface area (Å²) in [6, 6.07) is 11.5. The fourth-order valence-corrected chi connectivity index (χ4v) is 3.81. The van der Waals surface area contributed by atoms with E-state index in [9.17, 15) is 0 Å². The molecule has 138 valence electrons. The van der Waals surface area contributed by atoms with Gasteiger partial charge in [-0.3, -0.25) is 5.10 Å². The number of nitrogens with one attached hydrogen (secondary N) is 2. The highest BCUT2D eigenvalue weighted by molar-refractivity contribution is 7.18. The zero-order chi connectivity index (χ0) is 18.8. The molecule has 4 rings (SSSR count). The molecule has 1 unspecified atom stereocenters. The fourth-order valence-electron chi connectivity index (χ4n) is 2.75. The van der Waals surface area contributed by atoms with Crippen molar-refractivity contribution in [3.8, 4) is 10.6 Å². The molecule has 0 aliphatic rings. The lowest BCUT2D eigenvalue weighted by Gasteiger charge is -2.12. The monoisotopic (exact) mass is 418 g/mol. The Kier molecular flexibility index (Phi) is 5.27. The average molecular weight is 419 g/mol. The third-order valence-electron chi connectivity index (χ3n) is 4.11. The number of nitrogens with two attached hydrogens (primary N) is 1. The van der Waals surface area contributed by atoms with Crippen molar-refractivity contribution in [2.45, 2.75) is 12.5 Å². The number of rotatable bonds is 6. The third kappa shape index (κ3) is 4.22. The van der Waals surface area contributed by atoms with Crippen LogP contribution in [-0.4, -0.2) is 33.0 Å². The van der Waals surface area contributed by atoms with Gasteiger partial charge < -0.3 is 11.1 Å². The molecule has 9 heteroatoms. The van der Waals surface area contributed by atoms with Crippen LogP contribution in [0.3, 0.4) is 0 Å². The molecule has 0 spiro atoms. The lowest BCUT2D eigenvalue weighted by Crippen LogP contribution is -2.31. The van der Waals surface area contributed by atoms with E-state index in [0.717, 1.165) is 32.2 Å². The van der Waals surface area contributed by atoms with Crippen LogP contribution in [0.15, 0.2) is 42.6 Å². The number of aromatic amines is 1. The van der Waals surface area contributed by atoms with Crippen LogP contribution < -0.4 is 11.1 Å². The molecule has 0 aliphatic carbocycles. The Hall–Kier alpha value is -2.19. The first kappa shape index (κ1) is 18.2. The summed E-state index contributed by atoms with van der Waals surface area (Å²) in [6.45, 7) is 0.579. The van der Waals surface area contributed by atoms with Crippen LogP contribution in [0.1, 0.15) is 5.56 Å². The maximum atomic E-state index is 6.22. The number of aromatic nitrogens is 4. The van der Waals surface area contributed by atoms with Gasteiger partial charge in [0.05, 0.1) is 21.8 Å². The van der Waals surface area contributed by atoms with E-state index >= 15 is 0 Å². The highest BCUT2D eigenvalue weighted by atomic mass is 35.5. The molecule has 0 saturated heterocycles. The molecule has 0 amide bonds. The van der Waals surface area contributed by atoms with Gasteiger partial charge in [0, 0.05) is 23.5 Å². The molecule has 6 nitrogen and oxygen atoms in total. The van der Waals surface area contributed by atoms with E-state index in [0.29, 0.717) is 23.0 Å². The number of fused-ring (bicyclic) bond motifs is 1. The van der Waals surface area contributed by atoms with Gasteiger partial charge in [0.2, 0.25) is 5.13 Å². The van der Waals surface area contributed by atoms with E-state index in [1.165, 1.54) is 11.3 Å². The number of benzene rings is 2. The summed E-state index contributed by atoms with van der Waals surface area (Å²) in [4.78, 5) is 0. The van der Waals surface area contributed by atoms with Gasteiger partial charge in [0.25, 0.3) is 0 Å². The van der Waals surface area contributed by atoms with Gasteiger partial charge in [-0.2, -0.15) is 5.10 Å². The Bertz CT molecular complexity index is 1080. The average Bonchev–Trinajstić information content (AvgIpc) is 3.31. The van der Waals surface area contributed by atoms with Gasteiger partial charge in [-0.15, -0.1) is 10.2 Å². The van der Waals surface area contributed by atoms with Crippen LogP contribution in [-0.2, 0) is 6.42 Å². The first-order chi connectivity index (χ1) is 13.1. The summed E-state index contributed by atoms with van der Waals surface area (Å²) in [5, 5.41) is 22.4. The summed E-state index contributed by atoms with van der Waals surface area (Å²) in [6.07, 6.45) is 2.48. The highest BCUT2D eigenvalue weighted by Crippen LogP contribution is 2.28. The molecule has 0 aliphatic heterocycles. The number of nitrogens with zero attached hydrogens (tertiary/aromatic N) is 3. The number of halogens is 2. The molecule has 0 radical (unpaired) electrons. The maximum Gasteiger partial charge on any atom is 0.206 e. The minimum Gasteiger partial charge on any atom is -0.359 e. The van der Waals surface area contributed by atoms with Gasteiger partial charge in [0.1, 0.15) is 5.01 Å². The summed E-state index contributed by atoms with van der Waals surface area (Å²) < 4.78 is 0. The minimum atomic E-state index is -0.0862. The Morgan fingerprint density at radius 3 is 2.85 bits per heavy atom. The molecule has 2 heterocycles. The second-order valence-corrected chi connectivity index (χ2v) is 7.97. The van der Waals surface area contributed by atoms with Crippen molar-refractivity contribution in [1.82, 2.24) is 20.4 Å². The van der Waals surface area contributed by atoms with Crippen LogP contribution in [0.25, 0.3) is 21.5 Å². The SMILES string of the molecule is NC(CNc1nnc(-c2ccc3[nH]ncc3c2)s1)Cc1ccc(Cl)c(Cl)c1. The minimum absolute atomic E-state index is 0.0862. The third-order valence-corrected chi connectivity index (χ3v) is 5.78.